The van der Waals surface area contributed by atoms with Gasteiger partial charge < -0.3 is 10.2 Å². The van der Waals surface area contributed by atoms with Crippen molar-refractivity contribution in [1.29, 1.82) is 0 Å². The van der Waals surface area contributed by atoms with E-state index in [1.54, 1.807) is 0 Å². The minimum Gasteiger partial charge on any atom is -0.385 e. The number of nitrogens with zero attached hydrogens (tertiary/aromatic N) is 1. The maximum Gasteiger partial charge on any atom is 0.253 e. The van der Waals surface area contributed by atoms with Gasteiger partial charge in [0.2, 0.25) is 0 Å². The average molecular weight is 274 g/mol. The highest BCUT2D eigenvalue weighted by molar-refractivity contribution is 5.95. The van der Waals surface area contributed by atoms with Crippen LogP contribution >= 0.6 is 0 Å². The lowest BCUT2D eigenvalue weighted by Gasteiger charge is -2.32. The van der Waals surface area contributed by atoms with Crippen LogP contribution in [0.15, 0.2) is 18.2 Å². The van der Waals surface area contributed by atoms with E-state index in [1.165, 1.54) is 19.3 Å². The summed E-state index contributed by atoms with van der Waals surface area (Å²) in [5.41, 5.74) is 3.06. The summed E-state index contributed by atoms with van der Waals surface area (Å²) in [6.07, 6.45) is 3.89. The fourth-order valence-electron chi connectivity index (χ4n) is 2.71. The summed E-state index contributed by atoms with van der Waals surface area (Å²) in [5.74, 6) is 0.895. The summed E-state index contributed by atoms with van der Waals surface area (Å²) >= 11 is 0. The van der Waals surface area contributed by atoms with Gasteiger partial charge in [-0.3, -0.25) is 4.79 Å². The third-order valence-corrected chi connectivity index (χ3v) is 4.21. The van der Waals surface area contributed by atoms with Crippen molar-refractivity contribution in [2.75, 3.05) is 25.0 Å². The Labute approximate surface area is 122 Å². The second kappa shape index (κ2) is 6.78. The van der Waals surface area contributed by atoms with Gasteiger partial charge in [0.1, 0.15) is 0 Å². The minimum absolute atomic E-state index is 0.172. The molecule has 2 rings (SSSR count). The van der Waals surface area contributed by atoms with E-state index in [1.807, 2.05) is 23.1 Å². The molecule has 3 heteroatoms. The van der Waals surface area contributed by atoms with Gasteiger partial charge in [0.15, 0.2) is 0 Å². The predicted molar refractivity (Wildman–Crippen MR) is 84.3 cm³/mol. The van der Waals surface area contributed by atoms with Crippen molar-refractivity contribution >= 4 is 11.6 Å². The van der Waals surface area contributed by atoms with Crippen LogP contribution in [0.5, 0.6) is 0 Å². The van der Waals surface area contributed by atoms with E-state index in [2.05, 4.69) is 26.1 Å². The van der Waals surface area contributed by atoms with Crippen LogP contribution in [0.2, 0.25) is 0 Å². The zero-order valence-corrected chi connectivity index (χ0v) is 12.9. The van der Waals surface area contributed by atoms with E-state index in [-0.39, 0.29) is 5.91 Å². The topological polar surface area (TPSA) is 32.3 Å². The number of rotatable bonds is 6. The van der Waals surface area contributed by atoms with Gasteiger partial charge in [-0.15, -0.1) is 0 Å². The van der Waals surface area contributed by atoms with Gasteiger partial charge in [0.05, 0.1) is 0 Å². The highest BCUT2D eigenvalue weighted by atomic mass is 16.2. The number of hydrogen-bond acceptors (Lipinski definition) is 2. The second-order valence-corrected chi connectivity index (χ2v) is 5.70. The van der Waals surface area contributed by atoms with Gasteiger partial charge in [-0.25, -0.2) is 0 Å². The molecule has 110 valence electrons. The molecule has 0 saturated heterocycles. The molecule has 20 heavy (non-hydrogen) atoms. The zero-order valence-electron chi connectivity index (χ0n) is 12.9. The summed E-state index contributed by atoms with van der Waals surface area (Å²) < 4.78 is 0. The van der Waals surface area contributed by atoms with E-state index < -0.39 is 0 Å². The number of anilines is 1. The van der Waals surface area contributed by atoms with E-state index in [9.17, 15) is 4.79 Å². The van der Waals surface area contributed by atoms with Crippen LogP contribution in [0, 0.1) is 12.8 Å². The normalized spacial score (nSPS) is 14.8. The van der Waals surface area contributed by atoms with Crippen molar-refractivity contribution in [3.8, 4) is 0 Å². The van der Waals surface area contributed by atoms with Crippen LogP contribution < -0.4 is 5.32 Å². The second-order valence-electron chi connectivity index (χ2n) is 5.70. The SMILES string of the molecule is CCNc1ccc(C(=O)N(CC)CC2CCC2)cc1C. The summed E-state index contributed by atoms with van der Waals surface area (Å²) in [6.45, 7) is 8.81. The van der Waals surface area contributed by atoms with Gasteiger partial charge in [-0.1, -0.05) is 6.42 Å². The molecule has 1 aliphatic carbocycles. The molecular weight excluding hydrogens is 248 g/mol. The van der Waals surface area contributed by atoms with E-state index in [4.69, 9.17) is 0 Å². The highest BCUT2D eigenvalue weighted by Gasteiger charge is 2.23. The molecule has 0 aliphatic heterocycles. The number of carbonyl (C=O) groups is 1. The van der Waals surface area contributed by atoms with Crippen LogP contribution in [0.4, 0.5) is 5.69 Å². The average Bonchev–Trinajstić information content (AvgIpc) is 2.40. The van der Waals surface area contributed by atoms with Gasteiger partial charge in [0, 0.05) is 30.9 Å². The minimum atomic E-state index is 0.172. The Balaban J connectivity index is 2.08. The first-order chi connectivity index (χ1) is 9.65. The molecule has 0 aromatic heterocycles. The Bertz CT molecular complexity index is 466. The number of aryl methyl sites for hydroxylation is 1. The third kappa shape index (κ3) is 3.33. The molecule has 1 aromatic carbocycles. The molecule has 1 N–H and O–H groups in total. The lowest BCUT2D eigenvalue weighted by molar-refractivity contribution is 0.0706. The Morgan fingerprint density at radius 1 is 1.35 bits per heavy atom. The number of hydrogen-bond donors (Lipinski definition) is 1. The smallest absolute Gasteiger partial charge is 0.253 e. The van der Waals surface area contributed by atoms with Crippen LogP contribution in [-0.2, 0) is 0 Å². The predicted octanol–water partition coefficient (Wildman–Crippen LogP) is 3.69. The van der Waals surface area contributed by atoms with Crippen molar-refractivity contribution < 1.29 is 4.79 Å². The van der Waals surface area contributed by atoms with Gasteiger partial charge in [-0.2, -0.15) is 0 Å². The summed E-state index contributed by atoms with van der Waals surface area (Å²) in [5, 5.41) is 3.31. The fourth-order valence-corrected chi connectivity index (χ4v) is 2.71. The first kappa shape index (κ1) is 14.9. The summed E-state index contributed by atoms with van der Waals surface area (Å²) in [6, 6.07) is 5.96. The molecule has 0 bridgehead atoms. The quantitative estimate of drug-likeness (QED) is 0.858. The van der Waals surface area contributed by atoms with E-state index in [0.717, 1.165) is 42.4 Å². The van der Waals surface area contributed by atoms with Crippen LogP contribution in [0.25, 0.3) is 0 Å². The van der Waals surface area contributed by atoms with Gasteiger partial charge >= 0.3 is 0 Å². The van der Waals surface area contributed by atoms with Crippen molar-refractivity contribution in [3.05, 3.63) is 29.3 Å². The largest absolute Gasteiger partial charge is 0.385 e. The van der Waals surface area contributed by atoms with Gasteiger partial charge in [-0.05, 0) is 63.3 Å². The molecule has 1 fully saturated rings. The Morgan fingerprint density at radius 2 is 2.10 bits per heavy atom. The lowest BCUT2D eigenvalue weighted by atomic mass is 9.85. The number of carbonyl (C=O) groups excluding carboxylic acids is 1. The molecular formula is C17H26N2O. The first-order valence-corrected chi connectivity index (χ1v) is 7.79. The first-order valence-electron chi connectivity index (χ1n) is 7.79. The lowest BCUT2D eigenvalue weighted by Crippen LogP contribution is -2.37. The van der Waals surface area contributed by atoms with Crippen molar-refractivity contribution in [3.63, 3.8) is 0 Å². The monoisotopic (exact) mass is 274 g/mol. The van der Waals surface area contributed by atoms with Crippen molar-refractivity contribution in [1.82, 2.24) is 4.90 Å². The van der Waals surface area contributed by atoms with Gasteiger partial charge in [0.25, 0.3) is 5.91 Å². The number of benzene rings is 1. The molecule has 0 atom stereocenters. The molecule has 0 spiro atoms. The molecule has 1 aromatic rings. The zero-order chi connectivity index (χ0) is 14.5. The van der Waals surface area contributed by atoms with Crippen LogP contribution in [0.3, 0.4) is 0 Å². The molecule has 1 saturated carbocycles. The summed E-state index contributed by atoms with van der Waals surface area (Å²) in [7, 11) is 0. The molecule has 0 heterocycles. The third-order valence-electron chi connectivity index (χ3n) is 4.21. The Kier molecular flexibility index (Phi) is 5.05. The fraction of sp³-hybridized carbons (Fsp3) is 0.588. The standard InChI is InChI=1S/C17H26N2O/c1-4-18-16-10-9-15(11-13(16)3)17(20)19(5-2)12-14-7-6-8-14/h9-11,14,18H,4-8,12H2,1-3H3. The summed E-state index contributed by atoms with van der Waals surface area (Å²) in [4.78, 5) is 14.6. The molecule has 1 aliphatic rings. The molecule has 0 unspecified atom stereocenters. The molecule has 3 nitrogen and oxygen atoms in total. The maximum absolute atomic E-state index is 12.6. The Morgan fingerprint density at radius 3 is 2.60 bits per heavy atom. The molecule has 0 radical (unpaired) electrons. The van der Waals surface area contributed by atoms with E-state index in [0.29, 0.717) is 0 Å². The highest BCUT2D eigenvalue weighted by Crippen LogP contribution is 2.27. The van der Waals surface area contributed by atoms with Crippen molar-refractivity contribution in [2.24, 2.45) is 5.92 Å². The number of amides is 1. The van der Waals surface area contributed by atoms with Crippen LogP contribution in [0.1, 0.15) is 49.0 Å². The van der Waals surface area contributed by atoms with Crippen molar-refractivity contribution in [2.45, 2.75) is 40.0 Å². The van der Waals surface area contributed by atoms with Crippen LogP contribution in [-0.4, -0.2) is 30.4 Å². The Hall–Kier alpha value is -1.51. The maximum atomic E-state index is 12.6. The van der Waals surface area contributed by atoms with E-state index >= 15 is 0 Å². The number of nitrogens with one attached hydrogen (secondary N) is 1. The molecule has 1 amide bonds.